The molecule has 7 nitrogen and oxygen atoms in total. The van der Waals surface area contributed by atoms with Crippen LogP contribution in [0.1, 0.15) is 34.9 Å². The Hall–Kier alpha value is -3.26. The normalized spacial score (nSPS) is 25.8. The van der Waals surface area contributed by atoms with Crippen LogP contribution in [0.2, 0.25) is 0 Å². The molecule has 7 heteroatoms. The molecular formula is C28H32N4O3. The minimum absolute atomic E-state index is 0.0422. The van der Waals surface area contributed by atoms with Crippen molar-refractivity contribution in [1.29, 1.82) is 0 Å². The molecule has 0 spiro atoms. The van der Waals surface area contributed by atoms with Gasteiger partial charge in [0.25, 0.3) is 0 Å². The molecule has 0 amide bonds. The van der Waals surface area contributed by atoms with E-state index in [-0.39, 0.29) is 30.4 Å². The van der Waals surface area contributed by atoms with Gasteiger partial charge in [-0.2, -0.15) is 0 Å². The Kier molecular flexibility index (Phi) is 5.34. The van der Waals surface area contributed by atoms with Crippen molar-refractivity contribution in [3.8, 4) is 17.0 Å². The van der Waals surface area contributed by atoms with E-state index in [0.29, 0.717) is 22.5 Å². The summed E-state index contributed by atoms with van der Waals surface area (Å²) in [5, 5.41) is 3.10. The molecule has 1 fully saturated rings. The highest BCUT2D eigenvalue weighted by Crippen LogP contribution is 2.26. The first-order valence-electron chi connectivity index (χ1n) is 15.5. The molecule has 1 N–H and O–H groups in total. The molecule has 1 saturated heterocycles. The van der Waals surface area contributed by atoms with Gasteiger partial charge < -0.3 is 19.5 Å². The molecule has 0 radical (unpaired) electrons. The first-order chi connectivity index (χ1) is 20.2. The van der Waals surface area contributed by atoms with Crippen molar-refractivity contribution in [2.45, 2.75) is 26.0 Å². The Labute approximate surface area is 218 Å². The second-order valence-electron chi connectivity index (χ2n) is 8.09. The van der Waals surface area contributed by atoms with E-state index >= 15 is 0 Å². The molecule has 0 unspecified atom stereocenters. The van der Waals surface area contributed by atoms with Crippen LogP contribution in [0.25, 0.3) is 11.3 Å². The standard InChI is InChI=1S/C28H32N4O3/c1-2-13-32(12-1)14-17-35-27-9-8-25-19-24(27)21-34-16-4-3-15-33-20-22-6-5-7-23(18-22)26-10-11-29-28(30-25)31-26/h3-11,18-19H,1-2,12-17,20-21H2,(H,29,30,31)/b4-3+/i15D2,16D2,17D2,20D2. The summed E-state index contributed by atoms with van der Waals surface area (Å²) in [4.78, 5) is 10.8. The molecule has 3 heterocycles. The van der Waals surface area contributed by atoms with Crippen molar-refractivity contribution in [2.24, 2.45) is 0 Å². The minimum Gasteiger partial charge on any atom is -0.492 e. The van der Waals surface area contributed by atoms with E-state index in [2.05, 4.69) is 15.3 Å². The Morgan fingerprint density at radius 1 is 1.06 bits per heavy atom. The fraction of sp³-hybridized carbons (Fsp3) is 0.357. The quantitative estimate of drug-likeness (QED) is 0.529. The van der Waals surface area contributed by atoms with Crippen molar-refractivity contribution >= 4 is 11.6 Å². The highest BCUT2D eigenvalue weighted by Gasteiger charge is 2.13. The third-order valence-corrected chi connectivity index (χ3v) is 5.56. The van der Waals surface area contributed by atoms with Gasteiger partial charge in [-0.15, -0.1) is 0 Å². The number of hydrogen-bond donors (Lipinski definition) is 1. The van der Waals surface area contributed by atoms with E-state index < -0.39 is 26.2 Å². The number of likely N-dealkylation sites (tertiary alicyclic amines) is 1. The van der Waals surface area contributed by atoms with Gasteiger partial charge in [0.1, 0.15) is 12.3 Å². The van der Waals surface area contributed by atoms with E-state index in [1.165, 1.54) is 18.3 Å². The zero-order valence-corrected chi connectivity index (χ0v) is 19.2. The van der Waals surface area contributed by atoms with Crippen LogP contribution in [0, 0.1) is 0 Å². The molecule has 2 aliphatic heterocycles. The molecule has 2 aromatic carbocycles. The van der Waals surface area contributed by atoms with Gasteiger partial charge in [0.05, 0.1) is 42.9 Å². The van der Waals surface area contributed by atoms with Crippen LogP contribution < -0.4 is 10.1 Å². The first-order valence-corrected chi connectivity index (χ1v) is 11.5. The van der Waals surface area contributed by atoms with Gasteiger partial charge in [0, 0.05) is 29.6 Å². The van der Waals surface area contributed by atoms with Gasteiger partial charge in [-0.3, -0.25) is 4.90 Å². The zero-order valence-electron chi connectivity index (χ0n) is 27.2. The van der Waals surface area contributed by atoms with Gasteiger partial charge in [-0.1, -0.05) is 30.4 Å². The molecule has 1 aromatic heterocycles. The average molecular weight is 481 g/mol. The third kappa shape index (κ3) is 6.66. The van der Waals surface area contributed by atoms with Gasteiger partial charge in [0.15, 0.2) is 0 Å². The number of ether oxygens (including phenoxy) is 3. The van der Waals surface area contributed by atoms with Crippen molar-refractivity contribution in [2.75, 3.05) is 44.6 Å². The number of nitrogens with one attached hydrogen (secondary N) is 1. The zero-order chi connectivity index (χ0) is 30.9. The maximum Gasteiger partial charge on any atom is 0.227 e. The van der Waals surface area contributed by atoms with Gasteiger partial charge in [0.2, 0.25) is 5.95 Å². The smallest absolute Gasteiger partial charge is 0.227 e. The lowest BCUT2D eigenvalue weighted by atomic mass is 10.1. The third-order valence-electron chi connectivity index (χ3n) is 5.56. The fourth-order valence-electron chi connectivity index (χ4n) is 3.82. The fourth-order valence-corrected chi connectivity index (χ4v) is 3.82. The molecule has 5 rings (SSSR count). The molecule has 2 aliphatic rings. The van der Waals surface area contributed by atoms with Crippen molar-refractivity contribution in [3.05, 3.63) is 78.0 Å². The Bertz CT molecular complexity index is 1480. The summed E-state index contributed by atoms with van der Waals surface area (Å²) >= 11 is 0. The van der Waals surface area contributed by atoms with Crippen LogP contribution >= 0.6 is 0 Å². The first kappa shape index (κ1) is 15.7. The highest BCUT2D eigenvalue weighted by molar-refractivity contribution is 5.63. The number of nitrogens with zero attached hydrogens (tertiary/aromatic N) is 3. The largest absolute Gasteiger partial charge is 0.492 e. The van der Waals surface area contributed by atoms with E-state index in [4.69, 9.17) is 25.2 Å². The maximum atomic E-state index is 8.47. The highest BCUT2D eigenvalue weighted by atomic mass is 16.5. The van der Waals surface area contributed by atoms with E-state index in [0.717, 1.165) is 38.1 Å². The topological polar surface area (TPSA) is 68.7 Å². The number of rotatable bonds is 4. The predicted octanol–water partition coefficient (Wildman–Crippen LogP) is 4.96. The van der Waals surface area contributed by atoms with Gasteiger partial charge in [-0.05, 0) is 61.8 Å². The van der Waals surface area contributed by atoms with Crippen molar-refractivity contribution in [1.82, 2.24) is 14.9 Å². The number of benzene rings is 2. The number of hydrogen-bond acceptors (Lipinski definition) is 7. The summed E-state index contributed by atoms with van der Waals surface area (Å²) in [6, 6.07) is 12.8. The average Bonchev–Trinajstić information content (AvgIpc) is 3.44. The monoisotopic (exact) mass is 480 g/mol. The van der Waals surface area contributed by atoms with Crippen LogP contribution in [0.4, 0.5) is 11.6 Å². The molecule has 0 aliphatic carbocycles. The minimum atomic E-state index is -2.70. The summed E-state index contributed by atoms with van der Waals surface area (Å²) in [6.07, 6.45) is 5.11. The molecule has 3 aromatic rings. The summed E-state index contributed by atoms with van der Waals surface area (Å²) in [6.45, 7) is -8.52. The second-order valence-corrected chi connectivity index (χ2v) is 8.09. The summed E-state index contributed by atoms with van der Waals surface area (Å²) in [7, 11) is 0. The molecule has 182 valence electrons. The SMILES string of the molecule is [2H]C1([2H])/C=C/C([2H])([2H])OC([2H])([2H])c2cccc(c2)-c2ccnc(n2)Nc2ccc(OC([2H])([2H])CN3CCCC3)c(c2)CO1. The van der Waals surface area contributed by atoms with E-state index in [1.54, 1.807) is 36.4 Å². The van der Waals surface area contributed by atoms with E-state index in [1.807, 2.05) is 4.90 Å². The molecular weight excluding hydrogens is 440 g/mol. The van der Waals surface area contributed by atoms with Gasteiger partial charge >= 0.3 is 0 Å². The lowest BCUT2D eigenvalue weighted by Crippen LogP contribution is -2.25. The van der Waals surface area contributed by atoms with Crippen molar-refractivity contribution in [3.63, 3.8) is 0 Å². The number of anilines is 2. The summed E-state index contributed by atoms with van der Waals surface area (Å²) < 4.78 is 83.1. The molecule has 6 bridgehead atoms. The van der Waals surface area contributed by atoms with Crippen LogP contribution in [0.15, 0.2) is 66.9 Å². The van der Waals surface area contributed by atoms with Crippen LogP contribution in [0.3, 0.4) is 0 Å². The molecule has 0 atom stereocenters. The Morgan fingerprint density at radius 2 is 1.94 bits per heavy atom. The lowest BCUT2D eigenvalue weighted by Gasteiger charge is -2.17. The van der Waals surface area contributed by atoms with Crippen molar-refractivity contribution < 1.29 is 25.2 Å². The lowest BCUT2D eigenvalue weighted by molar-refractivity contribution is 0.138. The van der Waals surface area contributed by atoms with Crippen LogP contribution in [-0.4, -0.2) is 54.2 Å². The second kappa shape index (κ2) is 11.9. The van der Waals surface area contributed by atoms with Crippen LogP contribution in [0.5, 0.6) is 5.75 Å². The van der Waals surface area contributed by atoms with Crippen LogP contribution in [-0.2, 0) is 22.6 Å². The number of aromatic nitrogens is 2. The predicted molar refractivity (Wildman–Crippen MR) is 137 cm³/mol. The van der Waals surface area contributed by atoms with E-state index in [9.17, 15) is 0 Å². The maximum absolute atomic E-state index is 8.47. The summed E-state index contributed by atoms with van der Waals surface area (Å²) in [5.41, 5.74) is 1.90. The van der Waals surface area contributed by atoms with Gasteiger partial charge in [-0.25, -0.2) is 9.97 Å². The Balaban J connectivity index is 1.52. The number of fused-ring (bicyclic) bond motifs is 7. The Morgan fingerprint density at radius 3 is 2.86 bits per heavy atom. The summed E-state index contributed by atoms with van der Waals surface area (Å²) in [5.74, 6) is 0.380. The molecule has 35 heavy (non-hydrogen) atoms. The molecule has 0 saturated carbocycles.